The lowest BCUT2D eigenvalue weighted by Crippen LogP contribution is -2.22. The molecule has 0 bridgehead atoms. The standard InChI is InChI=1S/C9H11F3N2/c10-8-5(7(14)4-13)2-1-3-6(8)9(11)12/h1-3,7,9H,4,13-14H2/t7-/m1/s1. The summed E-state index contributed by atoms with van der Waals surface area (Å²) in [5, 5.41) is 0. The van der Waals surface area contributed by atoms with Crippen molar-refractivity contribution in [2.75, 3.05) is 6.54 Å². The molecule has 78 valence electrons. The van der Waals surface area contributed by atoms with Gasteiger partial charge in [-0.3, -0.25) is 0 Å². The topological polar surface area (TPSA) is 52.0 Å². The molecule has 1 aromatic rings. The van der Waals surface area contributed by atoms with Crippen LogP contribution in [0.2, 0.25) is 0 Å². The third-order valence-corrected chi connectivity index (χ3v) is 1.95. The highest BCUT2D eigenvalue weighted by Gasteiger charge is 2.18. The molecule has 14 heavy (non-hydrogen) atoms. The maximum absolute atomic E-state index is 13.3. The van der Waals surface area contributed by atoms with Crippen molar-refractivity contribution in [3.05, 3.63) is 35.1 Å². The number of nitrogens with two attached hydrogens (primary N) is 2. The number of hydrogen-bond donors (Lipinski definition) is 2. The summed E-state index contributed by atoms with van der Waals surface area (Å²) in [6.07, 6.45) is -2.83. The van der Waals surface area contributed by atoms with Crippen molar-refractivity contribution in [1.82, 2.24) is 0 Å². The molecule has 0 radical (unpaired) electrons. The zero-order valence-corrected chi connectivity index (χ0v) is 7.38. The van der Waals surface area contributed by atoms with Crippen LogP contribution in [0.1, 0.15) is 23.6 Å². The van der Waals surface area contributed by atoms with Crippen LogP contribution in [-0.4, -0.2) is 6.54 Å². The molecule has 0 saturated carbocycles. The van der Waals surface area contributed by atoms with Gasteiger partial charge in [-0.2, -0.15) is 0 Å². The predicted molar refractivity (Wildman–Crippen MR) is 47.3 cm³/mol. The van der Waals surface area contributed by atoms with Crippen LogP contribution in [0.25, 0.3) is 0 Å². The molecule has 5 heteroatoms. The van der Waals surface area contributed by atoms with Gasteiger partial charge >= 0.3 is 0 Å². The van der Waals surface area contributed by atoms with Crippen LogP contribution in [0, 0.1) is 5.82 Å². The van der Waals surface area contributed by atoms with Crippen LogP contribution in [-0.2, 0) is 0 Å². The molecule has 2 nitrogen and oxygen atoms in total. The Labute approximate surface area is 79.7 Å². The van der Waals surface area contributed by atoms with Gasteiger partial charge in [-0.05, 0) is 0 Å². The van der Waals surface area contributed by atoms with E-state index in [1.807, 2.05) is 0 Å². The number of benzene rings is 1. The maximum Gasteiger partial charge on any atom is 0.266 e. The summed E-state index contributed by atoms with van der Waals surface area (Å²) in [5.74, 6) is -0.958. The second-order valence-corrected chi connectivity index (χ2v) is 2.89. The van der Waals surface area contributed by atoms with E-state index < -0.39 is 23.8 Å². The van der Waals surface area contributed by atoms with Crippen molar-refractivity contribution >= 4 is 0 Å². The highest BCUT2D eigenvalue weighted by atomic mass is 19.3. The molecule has 0 amide bonds. The SMILES string of the molecule is NC[C@@H](N)c1cccc(C(F)F)c1F. The Hall–Kier alpha value is -1.07. The highest BCUT2D eigenvalue weighted by Crippen LogP contribution is 2.26. The van der Waals surface area contributed by atoms with Crippen LogP contribution in [0.15, 0.2) is 18.2 Å². The first-order chi connectivity index (χ1) is 6.57. The van der Waals surface area contributed by atoms with E-state index in [2.05, 4.69) is 0 Å². The molecule has 1 aromatic carbocycles. The van der Waals surface area contributed by atoms with Gasteiger partial charge in [0.1, 0.15) is 5.82 Å². The third kappa shape index (κ3) is 2.05. The van der Waals surface area contributed by atoms with E-state index in [0.29, 0.717) is 0 Å². The van der Waals surface area contributed by atoms with E-state index in [9.17, 15) is 13.2 Å². The Balaban J connectivity index is 3.13. The van der Waals surface area contributed by atoms with Crippen molar-refractivity contribution < 1.29 is 13.2 Å². The minimum absolute atomic E-state index is 0.0175. The fourth-order valence-electron chi connectivity index (χ4n) is 1.15. The van der Waals surface area contributed by atoms with Crippen molar-refractivity contribution in [2.45, 2.75) is 12.5 Å². The molecule has 0 spiro atoms. The van der Waals surface area contributed by atoms with Gasteiger partial charge in [0.25, 0.3) is 6.43 Å². The molecule has 0 saturated heterocycles. The van der Waals surface area contributed by atoms with Gasteiger partial charge < -0.3 is 11.5 Å². The van der Waals surface area contributed by atoms with Crippen molar-refractivity contribution in [3.8, 4) is 0 Å². The van der Waals surface area contributed by atoms with Crippen LogP contribution in [0.3, 0.4) is 0 Å². The second kappa shape index (κ2) is 4.43. The smallest absolute Gasteiger partial charge is 0.266 e. The number of halogens is 3. The Morgan fingerprint density at radius 3 is 2.29 bits per heavy atom. The van der Waals surface area contributed by atoms with Gasteiger partial charge in [0, 0.05) is 18.2 Å². The number of alkyl halides is 2. The lowest BCUT2D eigenvalue weighted by Gasteiger charge is -2.12. The summed E-state index contributed by atoms with van der Waals surface area (Å²) in [7, 11) is 0. The van der Waals surface area contributed by atoms with Crippen molar-refractivity contribution in [3.63, 3.8) is 0 Å². The normalized spacial score (nSPS) is 13.3. The van der Waals surface area contributed by atoms with E-state index in [4.69, 9.17) is 11.5 Å². The minimum Gasteiger partial charge on any atom is -0.329 e. The van der Waals surface area contributed by atoms with Gasteiger partial charge in [0.2, 0.25) is 0 Å². The first-order valence-corrected chi connectivity index (χ1v) is 4.10. The Kier molecular flexibility index (Phi) is 3.49. The largest absolute Gasteiger partial charge is 0.329 e. The summed E-state index contributed by atoms with van der Waals surface area (Å²) in [6, 6.07) is 3.00. The average molecular weight is 204 g/mol. The van der Waals surface area contributed by atoms with E-state index in [1.54, 1.807) is 0 Å². The summed E-state index contributed by atoms with van der Waals surface area (Å²) < 4.78 is 37.9. The maximum atomic E-state index is 13.3. The highest BCUT2D eigenvalue weighted by molar-refractivity contribution is 5.29. The molecule has 1 atom stereocenters. The number of rotatable bonds is 3. The zero-order chi connectivity index (χ0) is 10.7. The Morgan fingerprint density at radius 1 is 1.21 bits per heavy atom. The monoisotopic (exact) mass is 204 g/mol. The molecule has 0 unspecified atom stereocenters. The van der Waals surface area contributed by atoms with Gasteiger partial charge in [0.05, 0.1) is 5.56 Å². The van der Waals surface area contributed by atoms with Crippen molar-refractivity contribution in [1.29, 1.82) is 0 Å². The van der Waals surface area contributed by atoms with Crippen LogP contribution in [0.5, 0.6) is 0 Å². The molecule has 0 aromatic heterocycles. The van der Waals surface area contributed by atoms with Crippen LogP contribution >= 0.6 is 0 Å². The van der Waals surface area contributed by atoms with E-state index >= 15 is 0 Å². The predicted octanol–water partition coefficient (Wildman–Crippen LogP) is 1.72. The lowest BCUT2D eigenvalue weighted by atomic mass is 10.0. The lowest BCUT2D eigenvalue weighted by molar-refractivity contribution is 0.146. The molecule has 0 aliphatic heterocycles. The molecular weight excluding hydrogens is 193 g/mol. The summed E-state index contributed by atoms with van der Waals surface area (Å²) in [4.78, 5) is 0. The third-order valence-electron chi connectivity index (χ3n) is 1.95. The van der Waals surface area contributed by atoms with Crippen LogP contribution < -0.4 is 11.5 Å². The summed E-state index contributed by atoms with van der Waals surface area (Å²) in [6.45, 7) is 0.0175. The van der Waals surface area contributed by atoms with Gasteiger partial charge in [-0.15, -0.1) is 0 Å². The minimum atomic E-state index is -2.83. The summed E-state index contributed by atoms with van der Waals surface area (Å²) in [5.41, 5.74) is 10.1. The molecule has 0 heterocycles. The summed E-state index contributed by atoms with van der Waals surface area (Å²) >= 11 is 0. The Bertz CT molecular complexity index is 315. The van der Waals surface area contributed by atoms with Gasteiger partial charge in [-0.25, -0.2) is 13.2 Å². The van der Waals surface area contributed by atoms with Gasteiger partial charge in [-0.1, -0.05) is 18.2 Å². The van der Waals surface area contributed by atoms with Crippen LogP contribution in [0.4, 0.5) is 13.2 Å². The fraction of sp³-hybridized carbons (Fsp3) is 0.333. The first kappa shape index (κ1) is 11.0. The molecule has 4 N–H and O–H groups in total. The quantitative estimate of drug-likeness (QED) is 0.787. The molecule has 0 aliphatic carbocycles. The van der Waals surface area contributed by atoms with Gasteiger partial charge in [0.15, 0.2) is 0 Å². The Morgan fingerprint density at radius 2 is 1.79 bits per heavy atom. The fourth-order valence-corrected chi connectivity index (χ4v) is 1.15. The first-order valence-electron chi connectivity index (χ1n) is 4.10. The van der Waals surface area contributed by atoms with E-state index in [1.165, 1.54) is 12.1 Å². The van der Waals surface area contributed by atoms with Crippen molar-refractivity contribution in [2.24, 2.45) is 11.5 Å². The van der Waals surface area contributed by atoms with E-state index in [0.717, 1.165) is 6.07 Å². The molecular formula is C9H11F3N2. The van der Waals surface area contributed by atoms with E-state index in [-0.39, 0.29) is 12.1 Å². The number of hydrogen-bond acceptors (Lipinski definition) is 2. The molecule has 0 aliphatic rings. The second-order valence-electron chi connectivity index (χ2n) is 2.89. The molecule has 0 fully saturated rings. The average Bonchev–Trinajstić information content (AvgIpc) is 2.16. The zero-order valence-electron chi connectivity index (χ0n) is 7.38. The molecule has 1 rings (SSSR count).